The van der Waals surface area contributed by atoms with E-state index in [0.717, 1.165) is 19.3 Å². The Morgan fingerprint density at radius 3 is 2.19 bits per heavy atom. The van der Waals surface area contributed by atoms with Gasteiger partial charge in [-0.3, -0.25) is 14.4 Å². The van der Waals surface area contributed by atoms with Crippen LogP contribution in [0.15, 0.2) is 12.2 Å². The van der Waals surface area contributed by atoms with Crippen LogP contribution in [-0.2, 0) is 14.4 Å². The second kappa shape index (κ2) is 10.8. The largest absolute Gasteiger partial charge is 0.299 e. The number of allylic oxidation sites excluding steroid dienone is 1. The molecule has 1 unspecified atom stereocenters. The third kappa shape index (κ3) is 9.62. The van der Waals surface area contributed by atoms with Crippen molar-refractivity contribution in [2.45, 2.75) is 59.8 Å². The lowest BCUT2D eigenvalue weighted by molar-refractivity contribution is -0.122. The summed E-state index contributed by atoms with van der Waals surface area (Å²) >= 11 is 1.23. The van der Waals surface area contributed by atoms with Crippen LogP contribution in [0.2, 0.25) is 0 Å². The van der Waals surface area contributed by atoms with E-state index in [-0.39, 0.29) is 22.7 Å². The molecule has 0 radical (unpaired) electrons. The first-order valence-electron chi connectivity index (χ1n) is 7.63. The Morgan fingerprint density at radius 2 is 1.67 bits per heavy atom. The zero-order valence-corrected chi connectivity index (χ0v) is 14.6. The number of ketones is 2. The Labute approximate surface area is 132 Å². The molecule has 120 valence electrons. The average molecular weight is 312 g/mol. The van der Waals surface area contributed by atoms with Crippen LogP contribution in [-0.4, -0.2) is 22.4 Å². The lowest BCUT2D eigenvalue weighted by Gasteiger charge is -2.10. The summed E-state index contributed by atoms with van der Waals surface area (Å²) in [4.78, 5) is 34.7. The van der Waals surface area contributed by atoms with Gasteiger partial charge in [0.25, 0.3) is 0 Å². The van der Waals surface area contributed by atoms with Gasteiger partial charge in [-0.2, -0.15) is 0 Å². The van der Waals surface area contributed by atoms with Crippen molar-refractivity contribution in [2.75, 3.05) is 5.75 Å². The minimum atomic E-state index is -0.0101. The molecule has 0 aliphatic heterocycles. The number of Topliss-reactive ketones (excluding diaryl/α,β-unsaturated/α-hetero) is 2. The third-order valence-electron chi connectivity index (χ3n) is 3.41. The summed E-state index contributed by atoms with van der Waals surface area (Å²) in [6.07, 6.45) is 3.55. The first-order chi connectivity index (χ1) is 9.75. The van der Waals surface area contributed by atoms with Gasteiger partial charge in [0, 0.05) is 30.4 Å². The van der Waals surface area contributed by atoms with Crippen molar-refractivity contribution in [3.8, 4) is 0 Å². The number of hydrogen-bond acceptors (Lipinski definition) is 4. The number of carbonyl (C=O) groups is 3. The third-order valence-corrected chi connectivity index (χ3v) is 4.50. The van der Waals surface area contributed by atoms with Crippen LogP contribution in [0.25, 0.3) is 0 Å². The molecule has 4 heteroatoms. The molecule has 0 aromatic carbocycles. The lowest BCUT2D eigenvalue weighted by Crippen LogP contribution is -2.10. The lowest BCUT2D eigenvalue weighted by atomic mass is 10.00. The average Bonchev–Trinajstić information content (AvgIpc) is 2.42. The molecule has 0 aromatic rings. The molecular formula is C17H28O3S. The highest BCUT2D eigenvalue weighted by Crippen LogP contribution is 2.19. The smallest absolute Gasteiger partial charge is 0.191 e. The number of carbonyl (C=O) groups excluding carboxylic acids is 3. The van der Waals surface area contributed by atoms with E-state index in [0.29, 0.717) is 30.0 Å². The molecule has 0 saturated carbocycles. The van der Waals surface area contributed by atoms with E-state index < -0.39 is 0 Å². The highest BCUT2D eigenvalue weighted by Gasteiger charge is 2.14. The Morgan fingerprint density at radius 1 is 1.05 bits per heavy atom. The summed E-state index contributed by atoms with van der Waals surface area (Å²) in [6, 6.07) is 0. The van der Waals surface area contributed by atoms with Gasteiger partial charge < -0.3 is 0 Å². The Bertz CT molecular complexity index is 385. The fraction of sp³-hybridized carbons (Fsp3) is 0.706. The van der Waals surface area contributed by atoms with Crippen LogP contribution in [0.3, 0.4) is 0 Å². The molecule has 0 fully saturated rings. The van der Waals surface area contributed by atoms with E-state index in [9.17, 15) is 14.4 Å². The second-order valence-electron chi connectivity index (χ2n) is 5.89. The van der Waals surface area contributed by atoms with Crippen molar-refractivity contribution in [2.24, 2.45) is 11.8 Å². The van der Waals surface area contributed by atoms with E-state index in [2.05, 4.69) is 6.58 Å². The topological polar surface area (TPSA) is 51.2 Å². The molecule has 0 aliphatic rings. The molecule has 21 heavy (non-hydrogen) atoms. The van der Waals surface area contributed by atoms with Crippen LogP contribution in [0, 0.1) is 11.8 Å². The van der Waals surface area contributed by atoms with Crippen LogP contribution in [0.4, 0.5) is 0 Å². The molecule has 3 nitrogen and oxygen atoms in total. The second-order valence-corrected chi connectivity index (χ2v) is 6.99. The molecule has 0 saturated heterocycles. The number of unbranched alkanes of at least 4 members (excludes halogenated alkanes) is 1. The van der Waals surface area contributed by atoms with E-state index in [1.807, 2.05) is 20.8 Å². The summed E-state index contributed by atoms with van der Waals surface area (Å²) in [5.74, 6) is 0.937. The molecule has 0 N–H and O–H groups in total. The van der Waals surface area contributed by atoms with Crippen molar-refractivity contribution >= 4 is 28.4 Å². The number of rotatable bonds is 11. The molecule has 0 aliphatic carbocycles. The van der Waals surface area contributed by atoms with Gasteiger partial charge in [-0.25, -0.2) is 0 Å². The highest BCUT2D eigenvalue weighted by atomic mass is 32.2. The van der Waals surface area contributed by atoms with Gasteiger partial charge in [0.1, 0.15) is 5.78 Å². The van der Waals surface area contributed by atoms with E-state index in [4.69, 9.17) is 0 Å². The fourth-order valence-electron chi connectivity index (χ4n) is 1.76. The summed E-state index contributed by atoms with van der Waals surface area (Å²) in [6.45, 7) is 11.0. The normalized spacial score (nSPS) is 12.2. The van der Waals surface area contributed by atoms with Gasteiger partial charge in [0.2, 0.25) is 0 Å². The molecular weight excluding hydrogens is 284 g/mol. The van der Waals surface area contributed by atoms with E-state index in [1.165, 1.54) is 11.8 Å². The number of thioether (sulfide) groups is 1. The van der Waals surface area contributed by atoms with Gasteiger partial charge in [0.15, 0.2) is 10.9 Å². The Kier molecular flexibility index (Phi) is 10.3. The van der Waals surface area contributed by atoms with Crippen LogP contribution >= 0.6 is 11.8 Å². The fourth-order valence-corrected chi connectivity index (χ4v) is 2.65. The Balaban J connectivity index is 3.78. The maximum atomic E-state index is 11.9. The molecule has 0 spiro atoms. The maximum Gasteiger partial charge on any atom is 0.191 e. The van der Waals surface area contributed by atoms with Crippen molar-refractivity contribution in [3.63, 3.8) is 0 Å². The molecule has 0 rings (SSSR count). The monoisotopic (exact) mass is 312 g/mol. The Hall–Kier alpha value is -0.900. The molecule has 0 heterocycles. The van der Waals surface area contributed by atoms with Crippen LogP contribution in [0.5, 0.6) is 0 Å². The van der Waals surface area contributed by atoms with Gasteiger partial charge in [-0.15, -0.1) is 0 Å². The van der Waals surface area contributed by atoms with Gasteiger partial charge >= 0.3 is 0 Å². The van der Waals surface area contributed by atoms with Gasteiger partial charge in [0.05, 0.1) is 0 Å². The maximum absolute atomic E-state index is 11.9. The SMILES string of the molecule is C=C(C)C(=O)CCSC(=O)C(C)CCCCC(=O)C(C)C. The van der Waals surface area contributed by atoms with Gasteiger partial charge in [-0.1, -0.05) is 45.5 Å². The van der Waals surface area contributed by atoms with Gasteiger partial charge in [-0.05, 0) is 25.3 Å². The molecule has 0 bridgehead atoms. The summed E-state index contributed by atoms with van der Waals surface area (Å²) in [7, 11) is 0. The van der Waals surface area contributed by atoms with Crippen molar-refractivity contribution in [1.82, 2.24) is 0 Å². The summed E-state index contributed by atoms with van der Waals surface area (Å²) in [5.41, 5.74) is 0.547. The predicted molar refractivity (Wildman–Crippen MR) is 89.4 cm³/mol. The standard InChI is InChI=1S/C17H28O3S/c1-12(2)15(18)9-7-6-8-14(5)17(20)21-11-10-16(19)13(3)4/h12,14H,3,6-11H2,1-2,4-5H3. The first kappa shape index (κ1) is 20.1. The summed E-state index contributed by atoms with van der Waals surface area (Å²) < 4.78 is 0. The highest BCUT2D eigenvalue weighted by molar-refractivity contribution is 8.13. The van der Waals surface area contributed by atoms with Crippen molar-refractivity contribution < 1.29 is 14.4 Å². The van der Waals surface area contributed by atoms with Crippen molar-refractivity contribution in [1.29, 1.82) is 0 Å². The van der Waals surface area contributed by atoms with Crippen molar-refractivity contribution in [3.05, 3.63) is 12.2 Å². The zero-order chi connectivity index (χ0) is 16.4. The van der Waals surface area contributed by atoms with E-state index in [1.54, 1.807) is 6.92 Å². The van der Waals surface area contributed by atoms with Crippen LogP contribution < -0.4 is 0 Å². The van der Waals surface area contributed by atoms with Crippen LogP contribution in [0.1, 0.15) is 59.8 Å². The van der Waals surface area contributed by atoms with E-state index >= 15 is 0 Å². The quantitative estimate of drug-likeness (QED) is 0.424. The summed E-state index contributed by atoms with van der Waals surface area (Å²) in [5, 5.41) is 0.139. The number of hydrogen-bond donors (Lipinski definition) is 0. The molecule has 1 atom stereocenters. The molecule has 0 amide bonds. The zero-order valence-electron chi connectivity index (χ0n) is 13.7. The molecule has 0 aromatic heterocycles. The predicted octanol–water partition coefficient (Wildman–Crippen LogP) is 4.20. The minimum Gasteiger partial charge on any atom is -0.299 e. The minimum absolute atomic E-state index is 0.0101. The first-order valence-corrected chi connectivity index (χ1v) is 8.62.